The Morgan fingerprint density at radius 3 is 2.81 bits per heavy atom. The number of nitrogens with two attached hydrogens (primary N) is 2. The van der Waals surface area contributed by atoms with Gasteiger partial charge < -0.3 is 16.6 Å². The Kier molecular flexibility index (Phi) is 2.14. The van der Waals surface area contributed by atoms with Crippen molar-refractivity contribution in [2.24, 2.45) is 0 Å². The number of carbonyl (C=O) groups is 1. The molecule has 2 aromatic heterocycles. The topological polar surface area (TPSA) is 126 Å². The fourth-order valence-corrected chi connectivity index (χ4v) is 2.25. The van der Waals surface area contributed by atoms with Gasteiger partial charge in [0.1, 0.15) is 16.5 Å². The zero-order valence-corrected chi connectivity index (χ0v) is 8.71. The summed E-state index contributed by atoms with van der Waals surface area (Å²) >= 11 is 0.989. The summed E-state index contributed by atoms with van der Waals surface area (Å²) in [6.45, 7) is 0. The standard InChI is InChI=1S/C9H6N4O2S/c10-2-4-3(11)1-5-7(13-4)6(12)8(16-5)9(14)15/h1H,11-12H2,(H,14,15). The molecular weight excluding hydrogens is 228 g/mol. The van der Waals surface area contributed by atoms with Gasteiger partial charge in [-0.2, -0.15) is 5.26 Å². The first kappa shape index (κ1) is 10.2. The third-order valence-electron chi connectivity index (χ3n) is 2.03. The molecule has 0 aliphatic heterocycles. The Labute approximate surface area is 93.7 Å². The predicted octanol–water partition coefficient (Wildman–Crippen LogP) is 1.03. The van der Waals surface area contributed by atoms with Crippen molar-refractivity contribution in [1.29, 1.82) is 5.26 Å². The van der Waals surface area contributed by atoms with Crippen LogP contribution in [0.5, 0.6) is 0 Å². The minimum atomic E-state index is -1.11. The number of hydrogen-bond acceptors (Lipinski definition) is 6. The van der Waals surface area contributed by atoms with Gasteiger partial charge in [-0.15, -0.1) is 11.3 Å². The number of nitrogens with zero attached hydrogens (tertiary/aromatic N) is 2. The van der Waals surface area contributed by atoms with Gasteiger partial charge in [0.25, 0.3) is 0 Å². The Hall–Kier alpha value is -2.33. The van der Waals surface area contributed by atoms with Gasteiger partial charge in [0.15, 0.2) is 5.69 Å². The van der Waals surface area contributed by atoms with Crippen molar-refractivity contribution in [2.75, 3.05) is 11.5 Å². The Morgan fingerprint density at radius 2 is 2.25 bits per heavy atom. The Balaban J connectivity index is 2.84. The average Bonchev–Trinajstić information content (AvgIpc) is 2.54. The molecule has 0 atom stereocenters. The summed E-state index contributed by atoms with van der Waals surface area (Å²) in [5.74, 6) is -1.11. The fraction of sp³-hybridized carbons (Fsp3) is 0. The van der Waals surface area contributed by atoms with E-state index in [2.05, 4.69) is 4.98 Å². The molecule has 0 radical (unpaired) electrons. The number of nitriles is 1. The van der Waals surface area contributed by atoms with Gasteiger partial charge in [0, 0.05) is 0 Å². The molecule has 0 spiro atoms. The lowest BCUT2D eigenvalue weighted by molar-refractivity contribution is 0.0703. The van der Waals surface area contributed by atoms with Crippen molar-refractivity contribution in [3.8, 4) is 6.07 Å². The van der Waals surface area contributed by atoms with Crippen LogP contribution in [0.1, 0.15) is 15.4 Å². The summed E-state index contributed by atoms with van der Waals surface area (Å²) in [4.78, 5) is 14.8. The van der Waals surface area contributed by atoms with Crippen LogP contribution in [-0.4, -0.2) is 16.1 Å². The minimum absolute atomic E-state index is 0.0111. The molecule has 0 unspecified atom stereocenters. The molecule has 6 nitrogen and oxygen atoms in total. The van der Waals surface area contributed by atoms with Crippen molar-refractivity contribution >= 4 is 38.9 Å². The van der Waals surface area contributed by atoms with Gasteiger partial charge in [-0.1, -0.05) is 0 Å². The number of thiophene rings is 1. The number of aromatic carboxylic acids is 1. The molecule has 2 heterocycles. The molecule has 0 aromatic carbocycles. The number of carboxylic acids is 1. The van der Waals surface area contributed by atoms with Crippen LogP contribution in [0.4, 0.5) is 11.4 Å². The first-order valence-corrected chi connectivity index (χ1v) is 4.98. The molecule has 16 heavy (non-hydrogen) atoms. The van der Waals surface area contributed by atoms with Gasteiger partial charge in [0.05, 0.1) is 16.1 Å². The molecule has 80 valence electrons. The maximum Gasteiger partial charge on any atom is 0.348 e. The molecule has 0 fully saturated rings. The highest BCUT2D eigenvalue weighted by Gasteiger charge is 2.17. The van der Waals surface area contributed by atoms with Crippen molar-refractivity contribution in [3.63, 3.8) is 0 Å². The van der Waals surface area contributed by atoms with E-state index in [0.29, 0.717) is 10.2 Å². The van der Waals surface area contributed by atoms with Crippen molar-refractivity contribution in [2.45, 2.75) is 0 Å². The molecule has 0 aliphatic rings. The summed E-state index contributed by atoms with van der Waals surface area (Å²) in [6.07, 6.45) is 0. The average molecular weight is 234 g/mol. The number of anilines is 2. The van der Waals surface area contributed by atoms with Gasteiger partial charge >= 0.3 is 5.97 Å². The molecule has 7 heteroatoms. The molecule has 2 rings (SSSR count). The third-order valence-corrected chi connectivity index (χ3v) is 3.16. The van der Waals surface area contributed by atoms with E-state index in [4.69, 9.17) is 21.8 Å². The highest BCUT2D eigenvalue weighted by atomic mass is 32.1. The second-order valence-corrected chi connectivity index (χ2v) is 4.09. The van der Waals surface area contributed by atoms with E-state index >= 15 is 0 Å². The fourth-order valence-electron chi connectivity index (χ4n) is 1.30. The third kappa shape index (κ3) is 1.32. The monoisotopic (exact) mass is 234 g/mol. The summed E-state index contributed by atoms with van der Waals surface area (Å²) in [6, 6.07) is 3.33. The highest BCUT2D eigenvalue weighted by molar-refractivity contribution is 7.21. The summed E-state index contributed by atoms with van der Waals surface area (Å²) < 4.78 is 0.561. The number of rotatable bonds is 1. The van der Waals surface area contributed by atoms with Crippen LogP contribution in [0, 0.1) is 11.3 Å². The molecule has 0 bridgehead atoms. The van der Waals surface area contributed by atoms with Gasteiger partial charge in [0.2, 0.25) is 0 Å². The Bertz CT molecular complexity index is 641. The van der Waals surface area contributed by atoms with Crippen LogP contribution in [-0.2, 0) is 0 Å². The maximum absolute atomic E-state index is 10.8. The van der Waals surface area contributed by atoms with E-state index in [1.165, 1.54) is 6.07 Å². The van der Waals surface area contributed by atoms with Gasteiger partial charge in [-0.25, -0.2) is 9.78 Å². The number of carboxylic acid groups (broad SMARTS) is 1. The van der Waals surface area contributed by atoms with Gasteiger partial charge in [-0.05, 0) is 6.07 Å². The molecule has 0 aliphatic carbocycles. The number of aromatic nitrogens is 1. The lowest BCUT2D eigenvalue weighted by atomic mass is 10.2. The largest absolute Gasteiger partial charge is 0.477 e. The molecular formula is C9H6N4O2S. The molecule has 2 aromatic rings. The summed E-state index contributed by atoms with van der Waals surface area (Å²) in [5.41, 5.74) is 11.8. The van der Waals surface area contributed by atoms with E-state index < -0.39 is 5.97 Å². The van der Waals surface area contributed by atoms with Crippen molar-refractivity contribution in [3.05, 3.63) is 16.6 Å². The quantitative estimate of drug-likeness (QED) is 0.676. The van der Waals surface area contributed by atoms with E-state index in [1.807, 2.05) is 6.07 Å². The van der Waals surface area contributed by atoms with Crippen LogP contribution in [0.25, 0.3) is 10.2 Å². The molecule has 5 N–H and O–H groups in total. The van der Waals surface area contributed by atoms with E-state index in [1.54, 1.807) is 0 Å². The Morgan fingerprint density at radius 1 is 1.56 bits per heavy atom. The van der Waals surface area contributed by atoms with Crippen LogP contribution in [0.15, 0.2) is 6.07 Å². The lowest BCUT2D eigenvalue weighted by Crippen LogP contribution is -1.98. The number of pyridine rings is 1. The van der Waals surface area contributed by atoms with Crippen LogP contribution >= 0.6 is 11.3 Å². The first-order chi connectivity index (χ1) is 7.54. The van der Waals surface area contributed by atoms with E-state index in [0.717, 1.165) is 11.3 Å². The molecule has 0 saturated carbocycles. The minimum Gasteiger partial charge on any atom is -0.477 e. The summed E-state index contributed by atoms with van der Waals surface area (Å²) in [5, 5.41) is 17.6. The zero-order valence-electron chi connectivity index (χ0n) is 7.89. The smallest absolute Gasteiger partial charge is 0.348 e. The van der Waals surface area contributed by atoms with Crippen molar-refractivity contribution < 1.29 is 9.90 Å². The predicted molar refractivity (Wildman–Crippen MR) is 60.1 cm³/mol. The van der Waals surface area contributed by atoms with Crippen LogP contribution in [0.2, 0.25) is 0 Å². The van der Waals surface area contributed by atoms with Crippen LogP contribution in [0.3, 0.4) is 0 Å². The molecule has 0 amide bonds. The SMILES string of the molecule is N#Cc1nc2c(N)c(C(=O)O)sc2cc1N. The number of fused-ring (bicyclic) bond motifs is 1. The molecule has 0 saturated heterocycles. The normalized spacial score (nSPS) is 10.2. The van der Waals surface area contributed by atoms with Gasteiger partial charge in [-0.3, -0.25) is 0 Å². The summed E-state index contributed by atoms with van der Waals surface area (Å²) in [7, 11) is 0. The zero-order chi connectivity index (χ0) is 11.9. The maximum atomic E-state index is 10.8. The highest BCUT2D eigenvalue weighted by Crippen LogP contribution is 2.33. The van der Waals surface area contributed by atoms with Crippen molar-refractivity contribution in [1.82, 2.24) is 4.98 Å². The second-order valence-electron chi connectivity index (χ2n) is 3.03. The number of hydrogen-bond donors (Lipinski definition) is 3. The second kappa shape index (κ2) is 3.36. The first-order valence-electron chi connectivity index (χ1n) is 4.16. The van der Waals surface area contributed by atoms with Crippen LogP contribution < -0.4 is 11.5 Å². The lowest BCUT2D eigenvalue weighted by Gasteiger charge is -1.96. The number of nitrogen functional groups attached to an aromatic ring is 2. The van der Waals surface area contributed by atoms with E-state index in [-0.39, 0.29) is 21.9 Å². The van der Waals surface area contributed by atoms with E-state index in [9.17, 15) is 4.79 Å².